The van der Waals surface area contributed by atoms with Crippen LogP contribution in [-0.2, 0) is 14.3 Å². The molecule has 1 aromatic rings. The third-order valence-electron chi connectivity index (χ3n) is 5.53. The Bertz CT molecular complexity index is 791. The molecule has 4 atom stereocenters. The highest BCUT2D eigenvalue weighted by molar-refractivity contribution is 6.23. The Balaban J connectivity index is 1.64. The minimum absolute atomic E-state index is 0.108. The second kappa shape index (κ2) is 6.21. The van der Waals surface area contributed by atoms with Crippen molar-refractivity contribution in [2.24, 2.45) is 23.7 Å². The van der Waals surface area contributed by atoms with E-state index in [-0.39, 0.29) is 46.9 Å². The number of ether oxygens (including phenoxy) is 1. The first kappa shape index (κ1) is 16.7. The normalized spacial score (nSPS) is 28.7. The number of allylic oxidation sites excluding steroid dienone is 2. The van der Waals surface area contributed by atoms with Gasteiger partial charge in [0.15, 0.2) is 0 Å². The summed E-state index contributed by atoms with van der Waals surface area (Å²) in [6.45, 7) is 0.818. The van der Waals surface area contributed by atoms with E-state index >= 15 is 0 Å². The highest BCUT2D eigenvalue weighted by Gasteiger charge is 2.59. The van der Waals surface area contributed by atoms with Gasteiger partial charge in [0.2, 0.25) is 11.8 Å². The zero-order valence-electron chi connectivity index (χ0n) is 14.3. The average molecular weight is 357 g/mol. The number of amides is 2. The van der Waals surface area contributed by atoms with Crippen molar-refractivity contribution in [2.45, 2.75) is 6.42 Å². The second-order valence-corrected chi connectivity index (χ2v) is 6.89. The maximum atomic E-state index is 12.8. The lowest BCUT2D eigenvalue weighted by Crippen LogP contribution is -2.32. The number of nitrogens with one attached hydrogen (secondary N) is 1. The number of nitrogens with zero attached hydrogens (tertiary/aromatic N) is 2. The number of carbonyl (C=O) groups is 2. The molecule has 1 aromatic carbocycles. The van der Waals surface area contributed by atoms with Crippen molar-refractivity contribution in [1.82, 2.24) is 0 Å². The number of hydrogen-bond acceptors (Lipinski definition) is 6. The summed E-state index contributed by atoms with van der Waals surface area (Å²) < 4.78 is 4.93. The van der Waals surface area contributed by atoms with Crippen LogP contribution in [0.4, 0.5) is 17.1 Å². The Morgan fingerprint density at radius 1 is 1.23 bits per heavy atom. The van der Waals surface area contributed by atoms with Crippen LogP contribution in [0, 0.1) is 33.8 Å². The molecule has 0 radical (unpaired) electrons. The van der Waals surface area contributed by atoms with E-state index in [1.807, 2.05) is 12.2 Å². The first-order valence-corrected chi connectivity index (χ1v) is 8.60. The smallest absolute Gasteiger partial charge is 0.294 e. The van der Waals surface area contributed by atoms with Gasteiger partial charge in [-0.1, -0.05) is 12.2 Å². The van der Waals surface area contributed by atoms with Gasteiger partial charge in [0.25, 0.3) is 5.69 Å². The summed E-state index contributed by atoms with van der Waals surface area (Å²) in [5, 5.41) is 14.4. The number of benzene rings is 1. The Kier molecular flexibility index (Phi) is 3.99. The van der Waals surface area contributed by atoms with E-state index in [4.69, 9.17) is 4.74 Å². The molecule has 8 nitrogen and oxygen atoms in total. The zero-order chi connectivity index (χ0) is 18.4. The first-order valence-electron chi connectivity index (χ1n) is 8.60. The van der Waals surface area contributed by atoms with Crippen molar-refractivity contribution in [2.75, 3.05) is 30.5 Å². The van der Waals surface area contributed by atoms with Crippen LogP contribution in [0.15, 0.2) is 30.4 Å². The summed E-state index contributed by atoms with van der Waals surface area (Å²) in [7, 11) is 1.54. The molecule has 2 fully saturated rings. The number of fused-ring (bicyclic) bond motifs is 5. The molecule has 1 saturated heterocycles. The molecule has 1 N–H and O–H groups in total. The Hall–Kier alpha value is -2.74. The Morgan fingerprint density at radius 3 is 2.46 bits per heavy atom. The molecule has 2 bridgehead atoms. The molecular formula is C18H19N3O5. The number of anilines is 2. The SMILES string of the molecule is COCCNc1ccc(N2C(=O)[C@@H]3[C@H](C2=O)[C@H]2C=C[C@H]3C2)cc1[N+](=O)[O-]. The molecule has 2 amide bonds. The van der Waals surface area contributed by atoms with Crippen LogP contribution in [0.2, 0.25) is 0 Å². The van der Waals surface area contributed by atoms with E-state index in [9.17, 15) is 19.7 Å². The second-order valence-electron chi connectivity index (χ2n) is 6.89. The fourth-order valence-electron chi connectivity index (χ4n) is 4.40. The number of nitro benzene ring substituents is 1. The summed E-state index contributed by atoms with van der Waals surface area (Å²) in [4.78, 5) is 37.7. The minimum atomic E-state index is -0.518. The van der Waals surface area contributed by atoms with Gasteiger partial charge in [-0.2, -0.15) is 0 Å². The van der Waals surface area contributed by atoms with Crippen molar-refractivity contribution in [3.63, 3.8) is 0 Å². The van der Waals surface area contributed by atoms with E-state index in [2.05, 4.69) is 5.32 Å². The summed E-state index contributed by atoms with van der Waals surface area (Å²) in [6, 6.07) is 4.40. The van der Waals surface area contributed by atoms with Crippen LogP contribution in [0.3, 0.4) is 0 Å². The molecule has 26 heavy (non-hydrogen) atoms. The maximum Gasteiger partial charge on any atom is 0.294 e. The number of methoxy groups -OCH3 is 1. The van der Waals surface area contributed by atoms with Gasteiger partial charge in [-0.25, -0.2) is 4.90 Å². The van der Waals surface area contributed by atoms with Gasteiger partial charge in [-0.05, 0) is 30.4 Å². The van der Waals surface area contributed by atoms with Gasteiger partial charge in [-0.15, -0.1) is 0 Å². The van der Waals surface area contributed by atoms with Crippen LogP contribution in [0.5, 0.6) is 0 Å². The zero-order valence-corrected chi connectivity index (χ0v) is 14.3. The lowest BCUT2D eigenvalue weighted by Gasteiger charge is -2.18. The predicted octanol–water partition coefficient (Wildman–Crippen LogP) is 1.96. The number of hydrogen-bond donors (Lipinski definition) is 1. The van der Waals surface area contributed by atoms with Gasteiger partial charge >= 0.3 is 0 Å². The summed E-state index contributed by atoms with van der Waals surface area (Å²) in [5.74, 6) is -0.919. The van der Waals surface area contributed by atoms with Crippen molar-refractivity contribution < 1.29 is 19.2 Å². The number of nitro groups is 1. The highest BCUT2D eigenvalue weighted by atomic mass is 16.6. The monoisotopic (exact) mass is 357 g/mol. The van der Waals surface area contributed by atoms with E-state index in [1.54, 1.807) is 13.2 Å². The maximum absolute atomic E-state index is 12.8. The Labute approximate surface area is 150 Å². The molecule has 1 aliphatic heterocycles. The first-order chi connectivity index (χ1) is 12.5. The van der Waals surface area contributed by atoms with E-state index in [0.29, 0.717) is 18.8 Å². The van der Waals surface area contributed by atoms with Crippen LogP contribution in [0.1, 0.15) is 6.42 Å². The lowest BCUT2D eigenvalue weighted by atomic mass is 9.85. The molecule has 1 heterocycles. The lowest BCUT2D eigenvalue weighted by molar-refractivity contribution is -0.383. The van der Waals surface area contributed by atoms with Crippen molar-refractivity contribution >= 4 is 28.9 Å². The molecule has 3 aliphatic rings. The van der Waals surface area contributed by atoms with E-state index in [0.717, 1.165) is 11.3 Å². The fourth-order valence-corrected chi connectivity index (χ4v) is 4.40. The average Bonchev–Trinajstić information content (AvgIpc) is 3.29. The van der Waals surface area contributed by atoms with E-state index < -0.39 is 4.92 Å². The van der Waals surface area contributed by atoms with Crippen LogP contribution in [-0.4, -0.2) is 37.0 Å². The van der Waals surface area contributed by atoms with Crippen molar-refractivity contribution in [3.8, 4) is 0 Å². The van der Waals surface area contributed by atoms with Crippen molar-refractivity contribution in [3.05, 3.63) is 40.5 Å². The molecular weight excluding hydrogens is 338 g/mol. The minimum Gasteiger partial charge on any atom is -0.383 e. The third-order valence-corrected chi connectivity index (χ3v) is 5.53. The van der Waals surface area contributed by atoms with Gasteiger partial charge in [0.05, 0.1) is 29.1 Å². The Morgan fingerprint density at radius 2 is 1.88 bits per heavy atom. The summed E-state index contributed by atoms with van der Waals surface area (Å²) in [5.41, 5.74) is 0.423. The highest BCUT2D eigenvalue weighted by Crippen LogP contribution is 2.53. The standard InChI is InChI=1S/C18H19N3O5/c1-26-7-6-19-13-5-4-12(9-14(13)21(24)25)20-17(22)15-10-2-3-11(8-10)16(15)18(20)23/h2-5,9-11,15-16,19H,6-8H2,1H3/t10-,11-,15-,16+/m0/s1. The number of rotatable bonds is 6. The summed E-state index contributed by atoms with van der Waals surface area (Å²) in [6.07, 6.45) is 4.89. The molecule has 136 valence electrons. The molecule has 0 aromatic heterocycles. The van der Waals surface area contributed by atoms with Crippen LogP contribution in [0.25, 0.3) is 0 Å². The van der Waals surface area contributed by atoms with Gasteiger partial charge in [-0.3, -0.25) is 19.7 Å². The molecule has 2 aliphatic carbocycles. The van der Waals surface area contributed by atoms with Crippen molar-refractivity contribution in [1.29, 1.82) is 0 Å². The van der Waals surface area contributed by atoms with Gasteiger partial charge < -0.3 is 10.1 Å². The van der Waals surface area contributed by atoms with Crippen LogP contribution < -0.4 is 10.2 Å². The van der Waals surface area contributed by atoms with Gasteiger partial charge in [0.1, 0.15) is 5.69 Å². The number of carbonyl (C=O) groups excluding carboxylic acids is 2. The third kappa shape index (κ3) is 2.40. The molecule has 8 heteroatoms. The molecule has 0 unspecified atom stereocenters. The fraction of sp³-hybridized carbons (Fsp3) is 0.444. The quantitative estimate of drug-likeness (QED) is 0.275. The topological polar surface area (TPSA) is 102 Å². The predicted molar refractivity (Wildman–Crippen MR) is 93.7 cm³/mol. The van der Waals surface area contributed by atoms with Gasteiger partial charge in [0, 0.05) is 19.7 Å². The number of imide groups is 1. The molecule has 1 saturated carbocycles. The van der Waals surface area contributed by atoms with E-state index in [1.165, 1.54) is 12.1 Å². The molecule has 4 rings (SSSR count). The largest absolute Gasteiger partial charge is 0.383 e. The molecule has 0 spiro atoms. The summed E-state index contributed by atoms with van der Waals surface area (Å²) >= 11 is 0. The van der Waals surface area contributed by atoms with Crippen LogP contribution >= 0.6 is 0 Å².